The van der Waals surface area contributed by atoms with Gasteiger partial charge in [0, 0.05) is 38.4 Å². The van der Waals surface area contributed by atoms with Crippen molar-refractivity contribution < 1.29 is 14.2 Å². The van der Waals surface area contributed by atoms with E-state index < -0.39 is 11.2 Å². The fourth-order valence-electron chi connectivity index (χ4n) is 4.90. The molecule has 6 rings (SSSR count). The van der Waals surface area contributed by atoms with Crippen molar-refractivity contribution in [3.63, 3.8) is 0 Å². The molecule has 2 aliphatic heterocycles. The summed E-state index contributed by atoms with van der Waals surface area (Å²) in [6, 6.07) is 5.42. The summed E-state index contributed by atoms with van der Waals surface area (Å²) >= 11 is 0. The molecule has 0 bridgehead atoms. The Morgan fingerprint density at radius 2 is 1.89 bits per heavy atom. The van der Waals surface area contributed by atoms with E-state index in [4.69, 9.17) is 4.74 Å². The van der Waals surface area contributed by atoms with E-state index in [1.165, 1.54) is 6.07 Å². The van der Waals surface area contributed by atoms with Crippen LogP contribution < -0.4 is 20.1 Å². The van der Waals surface area contributed by atoms with E-state index in [0.29, 0.717) is 44.3 Å². The molecule has 10 heteroatoms. The zero-order chi connectivity index (χ0) is 25.0. The van der Waals surface area contributed by atoms with Crippen LogP contribution in [0.25, 0.3) is 16.8 Å². The number of halogens is 1. The van der Waals surface area contributed by atoms with E-state index in [2.05, 4.69) is 28.0 Å². The summed E-state index contributed by atoms with van der Waals surface area (Å²) in [5.74, 6) is 0.856. The van der Waals surface area contributed by atoms with Crippen LogP contribution in [0.15, 0.2) is 54.4 Å². The van der Waals surface area contributed by atoms with Crippen molar-refractivity contribution in [2.24, 2.45) is 0 Å². The molecule has 0 aromatic carbocycles. The Bertz CT molecular complexity index is 1420. The van der Waals surface area contributed by atoms with Gasteiger partial charge < -0.3 is 29.1 Å². The highest BCUT2D eigenvalue weighted by Gasteiger charge is 2.29. The minimum absolute atomic E-state index is 0.0806. The van der Waals surface area contributed by atoms with E-state index in [-0.39, 0.29) is 28.6 Å². The second kappa shape index (κ2) is 8.54. The number of hydrogen-bond acceptors (Lipinski definition) is 8. The third-order valence-corrected chi connectivity index (χ3v) is 7.02. The van der Waals surface area contributed by atoms with Gasteiger partial charge in [-0.2, -0.15) is 0 Å². The van der Waals surface area contributed by atoms with Gasteiger partial charge in [-0.15, -0.1) is 0 Å². The Kier molecular flexibility index (Phi) is 5.31. The van der Waals surface area contributed by atoms with Crippen LogP contribution in [0.5, 0.6) is 0 Å². The van der Waals surface area contributed by atoms with Crippen molar-refractivity contribution in [3.8, 4) is 0 Å². The molecular weight excluding hydrogens is 463 g/mol. The second-order valence-corrected chi connectivity index (χ2v) is 9.36. The van der Waals surface area contributed by atoms with E-state index in [1.54, 1.807) is 6.20 Å². The summed E-state index contributed by atoms with van der Waals surface area (Å²) in [5.41, 5.74) is 1.00. The first-order valence-electron chi connectivity index (χ1n) is 12.1. The van der Waals surface area contributed by atoms with E-state index >= 15 is 4.39 Å². The summed E-state index contributed by atoms with van der Waals surface area (Å²) in [4.78, 5) is 28.2. The molecule has 5 heterocycles. The molecule has 3 aromatic heterocycles. The molecule has 0 atom stereocenters. The smallest absolute Gasteiger partial charge is 0.202 e. The van der Waals surface area contributed by atoms with Crippen LogP contribution in [0.3, 0.4) is 0 Å². The van der Waals surface area contributed by atoms with Crippen LogP contribution >= 0.6 is 0 Å². The maximum atomic E-state index is 15.2. The number of pyridine rings is 3. The number of aromatic nitrogens is 3. The van der Waals surface area contributed by atoms with Gasteiger partial charge in [-0.05, 0) is 37.6 Å². The molecule has 1 aliphatic carbocycles. The van der Waals surface area contributed by atoms with Gasteiger partial charge in [0.05, 0.1) is 29.4 Å². The van der Waals surface area contributed by atoms with Gasteiger partial charge in [0.15, 0.2) is 17.5 Å². The lowest BCUT2D eigenvalue weighted by atomic mass is 10.1. The summed E-state index contributed by atoms with van der Waals surface area (Å²) in [6.45, 7) is 11.2. The van der Waals surface area contributed by atoms with Crippen LogP contribution in [0.1, 0.15) is 24.4 Å². The molecule has 186 valence electrons. The van der Waals surface area contributed by atoms with Crippen molar-refractivity contribution in [2.75, 3.05) is 54.0 Å². The first-order valence-corrected chi connectivity index (χ1v) is 12.1. The van der Waals surface area contributed by atoms with Crippen LogP contribution in [-0.2, 0) is 4.74 Å². The minimum atomic E-state index is -0.549. The summed E-state index contributed by atoms with van der Waals surface area (Å²) in [5, 5.41) is 10.0. The number of rotatable bonds is 5. The SMILES string of the molecule is C=C(O)c1cn(C2CC2)c2nc(N3CCN(c4ccc(N5CCOC5=C)cn4)CC3)c(F)cc2c1=O. The number of aliphatic hydroxyl groups excluding tert-OH is 1. The monoisotopic (exact) mass is 490 g/mol. The lowest BCUT2D eigenvalue weighted by Gasteiger charge is -2.36. The van der Waals surface area contributed by atoms with Gasteiger partial charge in [0.1, 0.15) is 23.8 Å². The third-order valence-electron chi connectivity index (χ3n) is 7.02. The zero-order valence-corrected chi connectivity index (χ0v) is 19.9. The van der Waals surface area contributed by atoms with E-state index in [0.717, 1.165) is 30.9 Å². The average Bonchev–Trinajstić information content (AvgIpc) is 3.64. The number of hydrogen-bond donors (Lipinski definition) is 1. The second-order valence-electron chi connectivity index (χ2n) is 9.36. The fourth-order valence-corrected chi connectivity index (χ4v) is 4.90. The van der Waals surface area contributed by atoms with Gasteiger partial charge in [0.25, 0.3) is 0 Å². The maximum absolute atomic E-state index is 15.2. The first kappa shape index (κ1) is 22.4. The average molecular weight is 491 g/mol. The molecule has 0 amide bonds. The first-order chi connectivity index (χ1) is 17.4. The number of nitrogens with zero attached hydrogens (tertiary/aromatic N) is 6. The number of piperazine rings is 1. The third kappa shape index (κ3) is 3.82. The van der Waals surface area contributed by atoms with Crippen LogP contribution in [-0.4, -0.2) is 59.0 Å². The van der Waals surface area contributed by atoms with Gasteiger partial charge in [-0.25, -0.2) is 14.4 Å². The van der Waals surface area contributed by atoms with Crippen molar-refractivity contribution in [1.29, 1.82) is 0 Å². The molecule has 0 radical (unpaired) electrons. The standard InChI is InChI=1S/C26H27FN6O3/c1-16(34)21-15-33(18-3-4-18)25-20(24(21)35)13-22(27)26(29-25)31-9-7-30(8-10-31)23-6-5-19(14-28-23)32-11-12-36-17(32)2/h5-6,13-15,18,34H,1-4,7-12H2. The van der Waals surface area contributed by atoms with Crippen LogP contribution in [0.4, 0.5) is 21.7 Å². The maximum Gasteiger partial charge on any atom is 0.202 e. The fraction of sp³-hybridized carbons (Fsp3) is 0.346. The number of aliphatic hydroxyl groups is 1. The normalized spacial score (nSPS) is 18.1. The minimum Gasteiger partial charge on any atom is -0.508 e. The highest BCUT2D eigenvalue weighted by molar-refractivity contribution is 5.81. The van der Waals surface area contributed by atoms with Crippen molar-refractivity contribution in [2.45, 2.75) is 18.9 Å². The quantitative estimate of drug-likeness (QED) is 0.545. The van der Waals surface area contributed by atoms with Crippen LogP contribution in [0.2, 0.25) is 0 Å². The van der Waals surface area contributed by atoms with Crippen molar-refractivity contribution in [3.05, 3.63) is 71.2 Å². The molecule has 0 unspecified atom stereocenters. The molecule has 3 aromatic rings. The number of fused-ring (bicyclic) bond motifs is 1. The molecule has 3 fully saturated rings. The highest BCUT2D eigenvalue weighted by atomic mass is 19.1. The molecule has 3 aliphatic rings. The molecule has 1 saturated carbocycles. The topological polar surface area (TPSA) is 87.0 Å². The Morgan fingerprint density at radius 3 is 2.50 bits per heavy atom. The van der Waals surface area contributed by atoms with Crippen molar-refractivity contribution >= 4 is 34.1 Å². The zero-order valence-electron chi connectivity index (χ0n) is 19.9. The summed E-state index contributed by atoms with van der Waals surface area (Å²) < 4.78 is 22.5. The molecule has 0 spiro atoms. The summed E-state index contributed by atoms with van der Waals surface area (Å²) in [6.07, 6.45) is 5.31. The predicted molar refractivity (Wildman–Crippen MR) is 137 cm³/mol. The lowest BCUT2D eigenvalue weighted by Crippen LogP contribution is -2.47. The Balaban J connectivity index is 1.23. The Morgan fingerprint density at radius 1 is 1.14 bits per heavy atom. The van der Waals surface area contributed by atoms with Gasteiger partial charge in [0.2, 0.25) is 5.43 Å². The van der Waals surface area contributed by atoms with Gasteiger partial charge in [-0.3, -0.25) is 4.79 Å². The molecule has 1 N–H and O–H groups in total. The van der Waals surface area contributed by atoms with Crippen molar-refractivity contribution in [1.82, 2.24) is 14.5 Å². The highest BCUT2D eigenvalue weighted by Crippen LogP contribution is 2.37. The predicted octanol–water partition coefficient (Wildman–Crippen LogP) is 3.43. The Hall–Kier alpha value is -4.08. The summed E-state index contributed by atoms with van der Waals surface area (Å²) in [7, 11) is 0. The number of anilines is 3. The Labute approximate surface area is 207 Å². The molecule has 36 heavy (non-hydrogen) atoms. The molecule has 9 nitrogen and oxygen atoms in total. The lowest BCUT2D eigenvalue weighted by molar-refractivity contribution is 0.270. The molecular formula is C26H27FN6O3. The van der Waals surface area contributed by atoms with E-state index in [9.17, 15) is 9.90 Å². The number of ether oxygens (including phenoxy) is 1. The van der Waals surface area contributed by atoms with E-state index in [1.807, 2.05) is 32.7 Å². The van der Waals surface area contributed by atoms with Gasteiger partial charge in [-0.1, -0.05) is 6.58 Å². The largest absolute Gasteiger partial charge is 0.508 e. The molecule has 2 saturated heterocycles. The van der Waals surface area contributed by atoms with Crippen LogP contribution in [0, 0.1) is 5.82 Å². The van der Waals surface area contributed by atoms with Gasteiger partial charge >= 0.3 is 0 Å².